The molecule has 0 saturated carbocycles. The Bertz CT molecular complexity index is 611. The number of aromatic nitrogens is 2. The smallest absolute Gasteiger partial charge is 0.281 e. The molecule has 1 aliphatic rings. The quantitative estimate of drug-likeness (QED) is 0.828. The van der Waals surface area contributed by atoms with E-state index in [0.29, 0.717) is 32.1 Å². The Morgan fingerprint density at radius 2 is 1.86 bits per heavy atom. The fraction of sp³-hybridized carbons (Fsp3) is 0.692. The van der Waals surface area contributed by atoms with Crippen LogP contribution in [0.2, 0.25) is 0 Å². The minimum absolute atomic E-state index is 0.458. The first-order valence-corrected chi connectivity index (χ1v) is 8.76. The van der Waals surface area contributed by atoms with Gasteiger partial charge in [-0.1, -0.05) is 0 Å². The Hall–Kier alpha value is -1.45. The summed E-state index contributed by atoms with van der Waals surface area (Å²) >= 11 is 0. The minimum atomic E-state index is -3.34. The van der Waals surface area contributed by atoms with Crippen molar-refractivity contribution < 1.29 is 8.42 Å². The first kappa shape index (κ1) is 16.9. The van der Waals surface area contributed by atoms with Gasteiger partial charge in [-0.15, -0.1) is 0 Å². The van der Waals surface area contributed by atoms with Crippen molar-refractivity contribution in [3.63, 3.8) is 0 Å². The third kappa shape index (κ3) is 3.65. The lowest BCUT2D eigenvalue weighted by Crippen LogP contribution is -2.51. The van der Waals surface area contributed by atoms with Crippen LogP contribution in [-0.4, -0.2) is 73.8 Å². The zero-order valence-corrected chi connectivity index (χ0v) is 14.4. The molecular formula is C13H24N6O2S. The molecule has 0 bridgehead atoms. The lowest BCUT2D eigenvalue weighted by atomic mass is 10.3. The van der Waals surface area contributed by atoms with Crippen LogP contribution in [0.25, 0.3) is 0 Å². The molecule has 1 fully saturated rings. The van der Waals surface area contributed by atoms with Crippen molar-refractivity contribution in [2.75, 3.05) is 57.0 Å². The fourth-order valence-electron chi connectivity index (χ4n) is 2.33. The molecule has 0 amide bonds. The van der Waals surface area contributed by atoms with Gasteiger partial charge >= 0.3 is 0 Å². The third-order valence-corrected chi connectivity index (χ3v) is 5.47. The highest BCUT2D eigenvalue weighted by Crippen LogP contribution is 2.18. The highest BCUT2D eigenvalue weighted by atomic mass is 32.2. The van der Waals surface area contributed by atoms with E-state index in [9.17, 15) is 8.42 Å². The fourth-order valence-corrected chi connectivity index (χ4v) is 3.42. The van der Waals surface area contributed by atoms with Gasteiger partial charge in [0.2, 0.25) is 5.95 Å². The first-order valence-electron chi connectivity index (χ1n) is 7.36. The number of anilines is 2. The SMILES string of the molecule is CCNc1nc(C)cc(N2CCN(S(=O)(=O)N(C)C)CC2)n1. The van der Waals surface area contributed by atoms with E-state index < -0.39 is 10.2 Å². The molecule has 0 aromatic carbocycles. The summed E-state index contributed by atoms with van der Waals surface area (Å²) in [5, 5.41) is 3.11. The van der Waals surface area contributed by atoms with Gasteiger partial charge in [0.25, 0.3) is 10.2 Å². The molecule has 1 saturated heterocycles. The standard InChI is InChI=1S/C13H24N6O2S/c1-5-14-13-15-11(2)10-12(16-13)18-6-8-19(9-7-18)22(20,21)17(3)4/h10H,5-9H2,1-4H3,(H,14,15,16). The molecule has 124 valence electrons. The van der Waals surface area contributed by atoms with Gasteiger partial charge in [-0.2, -0.15) is 22.0 Å². The van der Waals surface area contributed by atoms with Gasteiger partial charge in [-0.05, 0) is 13.8 Å². The molecule has 0 unspecified atom stereocenters. The molecule has 0 aliphatic carbocycles. The van der Waals surface area contributed by atoms with E-state index in [1.54, 1.807) is 14.1 Å². The second kappa shape index (κ2) is 6.76. The number of nitrogens with zero attached hydrogens (tertiary/aromatic N) is 5. The summed E-state index contributed by atoms with van der Waals surface area (Å²) in [6, 6.07) is 1.93. The van der Waals surface area contributed by atoms with Gasteiger partial charge in [-0.25, -0.2) is 4.98 Å². The highest BCUT2D eigenvalue weighted by Gasteiger charge is 2.29. The normalized spacial score (nSPS) is 17.0. The third-order valence-electron chi connectivity index (χ3n) is 3.53. The summed E-state index contributed by atoms with van der Waals surface area (Å²) in [6.45, 7) is 6.84. The van der Waals surface area contributed by atoms with Gasteiger partial charge in [0.05, 0.1) is 0 Å². The van der Waals surface area contributed by atoms with Crippen LogP contribution < -0.4 is 10.2 Å². The van der Waals surface area contributed by atoms with Crippen molar-refractivity contribution in [2.45, 2.75) is 13.8 Å². The van der Waals surface area contributed by atoms with Gasteiger partial charge in [0.1, 0.15) is 5.82 Å². The lowest BCUT2D eigenvalue weighted by Gasteiger charge is -2.35. The second-order valence-corrected chi connectivity index (χ2v) is 7.54. The van der Waals surface area contributed by atoms with Crippen molar-refractivity contribution in [3.05, 3.63) is 11.8 Å². The Balaban J connectivity index is 2.09. The van der Waals surface area contributed by atoms with E-state index in [0.717, 1.165) is 18.1 Å². The Kier molecular flexibility index (Phi) is 5.20. The molecule has 1 aromatic heterocycles. The minimum Gasteiger partial charge on any atom is -0.354 e. The van der Waals surface area contributed by atoms with Crippen LogP contribution >= 0.6 is 0 Å². The maximum atomic E-state index is 12.1. The van der Waals surface area contributed by atoms with E-state index >= 15 is 0 Å². The molecule has 1 aromatic rings. The van der Waals surface area contributed by atoms with E-state index in [2.05, 4.69) is 20.2 Å². The van der Waals surface area contributed by atoms with Crippen molar-refractivity contribution in [3.8, 4) is 0 Å². The summed E-state index contributed by atoms with van der Waals surface area (Å²) in [4.78, 5) is 10.9. The Morgan fingerprint density at radius 3 is 2.41 bits per heavy atom. The predicted molar refractivity (Wildman–Crippen MR) is 87.3 cm³/mol. The molecule has 0 spiro atoms. The van der Waals surface area contributed by atoms with Crippen LogP contribution in [0.3, 0.4) is 0 Å². The average Bonchev–Trinajstić information content (AvgIpc) is 2.47. The number of piperazine rings is 1. The number of rotatable bonds is 5. The predicted octanol–water partition coefficient (Wildman–Crippen LogP) is 0.145. The van der Waals surface area contributed by atoms with Gasteiger partial charge in [0, 0.05) is 58.6 Å². The summed E-state index contributed by atoms with van der Waals surface area (Å²) in [5.41, 5.74) is 0.893. The molecule has 0 radical (unpaired) electrons. The molecule has 1 aliphatic heterocycles. The van der Waals surface area contributed by atoms with Gasteiger partial charge in [-0.3, -0.25) is 0 Å². The van der Waals surface area contributed by atoms with Crippen molar-refractivity contribution in [2.24, 2.45) is 0 Å². The zero-order valence-electron chi connectivity index (χ0n) is 13.6. The van der Waals surface area contributed by atoms with Crippen LogP contribution in [0.4, 0.5) is 11.8 Å². The molecule has 1 N–H and O–H groups in total. The van der Waals surface area contributed by atoms with Crippen molar-refractivity contribution in [1.82, 2.24) is 18.6 Å². The second-order valence-electron chi connectivity index (χ2n) is 5.40. The number of hydrogen-bond donors (Lipinski definition) is 1. The van der Waals surface area contributed by atoms with Crippen LogP contribution in [0.5, 0.6) is 0 Å². The van der Waals surface area contributed by atoms with Crippen LogP contribution in [0, 0.1) is 6.92 Å². The monoisotopic (exact) mass is 328 g/mol. The number of aryl methyl sites for hydroxylation is 1. The molecule has 22 heavy (non-hydrogen) atoms. The average molecular weight is 328 g/mol. The lowest BCUT2D eigenvalue weighted by molar-refractivity contribution is 0.355. The molecular weight excluding hydrogens is 304 g/mol. The van der Waals surface area contributed by atoms with Crippen molar-refractivity contribution in [1.29, 1.82) is 0 Å². The number of hydrogen-bond acceptors (Lipinski definition) is 6. The zero-order chi connectivity index (χ0) is 16.3. The van der Waals surface area contributed by atoms with E-state index in [4.69, 9.17) is 0 Å². The topological polar surface area (TPSA) is 81.7 Å². The summed E-state index contributed by atoms with van der Waals surface area (Å²) in [5.74, 6) is 1.45. The Morgan fingerprint density at radius 1 is 1.23 bits per heavy atom. The van der Waals surface area contributed by atoms with E-state index in [1.807, 2.05) is 19.9 Å². The largest absolute Gasteiger partial charge is 0.354 e. The number of nitrogens with one attached hydrogen (secondary N) is 1. The molecule has 8 nitrogen and oxygen atoms in total. The van der Waals surface area contributed by atoms with E-state index in [-0.39, 0.29) is 0 Å². The molecule has 2 rings (SSSR count). The Labute approximate surface area is 132 Å². The van der Waals surface area contributed by atoms with Gasteiger partial charge < -0.3 is 10.2 Å². The summed E-state index contributed by atoms with van der Waals surface area (Å²) in [7, 11) is -0.228. The van der Waals surface area contributed by atoms with E-state index in [1.165, 1.54) is 8.61 Å². The van der Waals surface area contributed by atoms with Crippen molar-refractivity contribution >= 4 is 22.0 Å². The summed E-state index contributed by atoms with van der Waals surface area (Å²) in [6.07, 6.45) is 0. The van der Waals surface area contributed by atoms with Crippen LogP contribution in [0.15, 0.2) is 6.07 Å². The molecule has 2 heterocycles. The van der Waals surface area contributed by atoms with Gasteiger partial charge in [0.15, 0.2) is 0 Å². The first-order chi connectivity index (χ1) is 10.3. The maximum absolute atomic E-state index is 12.1. The molecule has 9 heteroatoms. The maximum Gasteiger partial charge on any atom is 0.281 e. The molecule has 0 atom stereocenters. The summed E-state index contributed by atoms with van der Waals surface area (Å²) < 4.78 is 27.0. The van der Waals surface area contributed by atoms with Crippen LogP contribution in [-0.2, 0) is 10.2 Å². The van der Waals surface area contributed by atoms with Crippen LogP contribution in [0.1, 0.15) is 12.6 Å². The highest BCUT2D eigenvalue weighted by molar-refractivity contribution is 7.86.